The summed E-state index contributed by atoms with van der Waals surface area (Å²) in [5, 5.41) is 12.0. The molecule has 0 unspecified atom stereocenters. The predicted octanol–water partition coefficient (Wildman–Crippen LogP) is 0.665. The minimum atomic E-state index is -0.995. The molecule has 0 saturated heterocycles. The van der Waals surface area contributed by atoms with Gasteiger partial charge in [-0.25, -0.2) is 0 Å². The summed E-state index contributed by atoms with van der Waals surface area (Å²) < 4.78 is 0. The van der Waals surface area contributed by atoms with Crippen molar-refractivity contribution in [2.45, 2.75) is 39.8 Å². The van der Waals surface area contributed by atoms with Gasteiger partial charge >= 0.3 is 0 Å². The van der Waals surface area contributed by atoms with E-state index in [4.69, 9.17) is 5.73 Å². The fourth-order valence-electron chi connectivity index (χ4n) is 0.796. The second-order valence-electron chi connectivity index (χ2n) is 4.13. The SMILES string of the molecule is CC(C)CCN=C(N)NC(C)(C)O. The van der Waals surface area contributed by atoms with Crippen LogP contribution in [0, 0.1) is 5.92 Å². The van der Waals surface area contributed by atoms with Gasteiger partial charge in [0, 0.05) is 6.54 Å². The highest BCUT2D eigenvalue weighted by atomic mass is 16.3. The van der Waals surface area contributed by atoms with Crippen molar-refractivity contribution in [1.82, 2.24) is 5.32 Å². The van der Waals surface area contributed by atoms with Crippen LogP contribution in [0.3, 0.4) is 0 Å². The van der Waals surface area contributed by atoms with Gasteiger partial charge in [-0.2, -0.15) is 0 Å². The highest BCUT2D eigenvalue weighted by Gasteiger charge is 2.11. The van der Waals surface area contributed by atoms with Gasteiger partial charge in [-0.15, -0.1) is 0 Å². The lowest BCUT2D eigenvalue weighted by atomic mass is 10.1. The largest absolute Gasteiger partial charge is 0.372 e. The van der Waals surface area contributed by atoms with Crippen LogP contribution >= 0.6 is 0 Å². The molecule has 0 rings (SSSR count). The zero-order chi connectivity index (χ0) is 10.5. The molecule has 4 N–H and O–H groups in total. The summed E-state index contributed by atoms with van der Waals surface area (Å²) in [6, 6.07) is 0. The Morgan fingerprint density at radius 3 is 2.46 bits per heavy atom. The molecule has 0 saturated carbocycles. The van der Waals surface area contributed by atoms with Crippen LogP contribution in [0.5, 0.6) is 0 Å². The Morgan fingerprint density at radius 1 is 1.54 bits per heavy atom. The summed E-state index contributed by atoms with van der Waals surface area (Å²) in [7, 11) is 0. The minimum Gasteiger partial charge on any atom is -0.372 e. The van der Waals surface area contributed by atoms with Crippen LogP contribution in [0.1, 0.15) is 34.1 Å². The number of nitrogens with two attached hydrogens (primary N) is 1. The van der Waals surface area contributed by atoms with Crippen LogP contribution in [0.2, 0.25) is 0 Å². The van der Waals surface area contributed by atoms with Gasteiger partial charge in [0.2, 0.25) is 0 Å². The van der Waals surface area contributed by atoms with Gasteiger partial charge in [0.1, 0.15) is 5.72 Å². The number of aliphatic imine (C=N–C) groups is 1. The highest BCUT2D eigenvalue weighted by molar-refractivity contribution is 5.78. The molecule has 4 nitrogen and oxygen atoms in total. The summed E-state index contributed by atoms with van der Waals surface area (Å²) in [5.74, 6) is 0.923. The Morgan fingerprint density at radius 2 is 2.08 bits per heavy atom. The fraction of sp³-hybridized carbons (Fsp3) is 0.889. The number of aliphatic hydroxyl groups is 1. The number of hydrogen-bond acceptors (Lipinski definition) is 2. The van der Waals surface area contributed by atoms with Crippen LogP contribution in [0.25, 0.3) is 0 Å². The first-order valence-electron chi connectivity index (χ1n) is 4.62. The van der Waals surface area contributed by atoms with E-state index in [0.717, 1.165) is 6.42 Å². The molecule has 0 aromatic rings. The van der Waals surface area contributed by atoms with Gasteiger partial charge in [-0.3, -0.25) is 4.99 Å². The van der Waals surface area contributed by atoms with Crippen molar-refractivity contribution in [2.75, 3.05) is 6.54 Å². The molecule has 0 atom stereocenters. The van der Waals surface area contributed by atoms with Crippen molar-refractivity contribution in [3.05, 3.63) is 0 Å². The first-order chi connectivity index (χ1) is 5.81. The maximum Gasteiger partial charge on any atom is 0.190 e. The summed E-state index contributed by atoms with van der Waals surface area (Å²) in [5.41, 5.74) is 4.53. The maximum absolute atomic E-state index is 9.32. The summed E-state index contributed by atoms with van der Waals surface area (Å²) >= 11 is 0. The number of rotatable bonds is 4. The van der Waals surface area contributed by atoms with E-state index < -0.39 is 5.72 Å². The van der Waals surface area contributed by atoms with E-state index in [0.29, 0.717) is 18.4 Å². The third kappa shape index (κ3) is 9.14. The lowest BCUT2D eigenvalue weighted by Gasteiger charge is -2.19. The Balaban J connectivity index is 3.76. The average Bonchev–Trinajstić information content (AvgIpc) is 1.81. The van der Waals surface area contributed by atoms with Crippen LogP contribution in [0.4, 0.5) is 0 Å². The molecule has 0 aliphatic rings. The van der Waals surface area contributed by atoms with E-state index in [-0.39, 0.29) is 0 Å². The van der Waals surface area contributed by atoms with Gasteiger partial charge < -0.3 is 16.2 Å². The molecular formula is C9H21N3O. The highest BCUT2D eigenvalue weighted by Crippen LogP contribution is 1.98. The number of nitrogens with one attached hydrogen (secondary N) is 1. The van der Waals surface area contributed by atoms with Crippen molar-refractivity contribution in [3.8, 4) is 0 Å². The average molecular weight is 187 g/mol. The van der Waals surface area contributed by atoms with Crippen molar-refractivity contribution in [3.63, 3.8) is 0 Å². The second-order valence-corrected chi connectivity index (χ2v) is 4.13. The summed E-state index contributed by atoms with van der Waals surface area (Å²) in [4.78, 5) is 4.07. The Bertz CT molecular complexity index is 170. The van der Waals surface area contributed by atoms with E-state index in [1.165, 1.54) is 0 Å². The number of guanidine groups is 1. The molecule has 0 aliphatic carbocycles. The van der Waals surface area contributed by atoms with Crippen LogP contribution in [-0.4, -0.2) is 23.3 Å². The minimum absolute atomic E-state index is 0.299. The first-order valence-corrected chi connectivity index (χ1v) is 4.62. The number of nitrogens with zero attached hydrogens (tertiary/aromatic N) is 1. The topological polar surface area (TPSA) is 70.6 Å². The Kier molecular flexibility index (Phi) is 4.77. The van der Waals surface area contributed by atoms with E-state index in [2.05, 4.69) is 24.2 Å². The quantitative estimate of drug-likeness (QED) is 0.344. The van der Waals surface area contributed by atoms with Crippen LogP contribution in [0.15, 0.2) is 4.99 Å². The molecule has 0 fully saturated rings. The summed E-state index contributed by atoms with van der Waals surface area (Å²) in [6.07, 6.45) is 1.01. The van der Waals surface area contributed by atoms with Gasteiger partial charge in [0.15, 0.2) is 5.96 Å². The standard InChI is InChI=1S/C9H21N3O/c1-7(2)5-6-11-8(10)12-9(3,4)13/h7,13H,5-6H2,1-4H3,(H3,10,11,12). The van der Waals surface area contributed by atoms with E-state index >= 15 is 0 Å². The van der Waals surface area contributed by atoms with Crippen molar-refractivity contribution in [1.29, 1.82) is 0 Å². The molecule has 0 radical (unpaired) electrons. The molecule has 0 aromatic heterocycles. The van der Waals surface area contributed by atoms with Crippen molar-refractivity contribution < 1.29 is 5.11 Å². The zero-order valence-electron chi connectivity index (χ0n) is 8.96. The Labute approximate surface area is 80.2 Å². The molecule has 78 valence electrons. The fourth-order valence-corrected chi connectivity index (χ4v) is 0.796. The lowest BCUT2D eigenvalue weighted by Crippen LogP contribution is -2.47. The third-order valence-electron chi connectivity index (χ3n) is 1.42. The molecule has 0 aliphatic heterocycles. The predicted molar refractivity (Wildman–Crippen MR) is 55.4 cm³/mol. The molecule has 0 heterocycles. The second kappa shape index (κ2) is 5.07. The normalized spacial score (nSPS) is 13.5. The first kappa shape index (κ1) is 12.2. The zero-order valence-corrected chi connectivity index (χ0v) is 8.96. The molecule has 0 bridgehead atoms. The molecule has 4 heteroatoms. The lowest BCUT2D eigenvalue weighted by molar-refractivity contribution is 0.0645. The van der Waals surface area contributed by atoms with Crippen LogP contribution in [-0.2, 0) is 0 Å². The number of hydrogen-bond donors (Lipinski definition) is 3. The molecule has 0 spiro atoms. The smallest absolute Gasteiger partial charge is 0.190 e. The summed E-state index contributed by atoms with van der Waals surface area (Å²) in [6.45, 7) is 8.21. The third-order valence-corrected chi connectivity index (χ3v) is 1.42. The Hall–Kier alpha value is -0.770. The van der Waals surface area contributed by atoms with Gasteiger partial charge in [0.05, 0.1) is 0 Å². The molecular weight excluding hydrogens is 166 g/mol. The van der Waals surface area contributed by atoms with Crippen LogP contribution < -0.4 is 11.1 Å². The van der Waals surface area contributed by atoms with Crippen molar-refractivity contribution >= 4 is 5.96 Å². The van der Waals surface area contributed by atoms with Gasteiger partial charge in [-0.1, -0.05) is 13.8 Å². The van der Waals surface area contributed by atoms with Gasteiger partial charge in [0.25, 0.3) is 0 Å². The van der Waals surface area contributed by atoms with E-state index in [1.54, 1.807) is 13.8 Å². The monoisotopic (exact) mass is 187 g/mol. The van der Waals surface area contributed by atoms with Crippen molar-refractivity contribution in [2.24, 2.45) is 16.6 Å². The van der Waals surface area contributed by atoms with Gasteiger partial charge in [-0.05, 0) is 26.2 Å². The molecule has 13 heavy (non-hydrogen) atoms. The molecule has 0 amide bonds. The molecule has 0 aromatic carbocycles. The van der Waals surface area contributed by atoms with E-state index in [1.807, 2.05) is 0 Å². The maximum atomic E-state index is 9.32. The van der Waals surface area contributed by atoms with E-state index in [9.17, 15) is 5.11 Å².